The second-order valence-corrected chi connectivity index (χ2v) is 6.23. The molecule has 0 saturated carbocycles. The highest BCUT2D eigenvalue weighted by atomic mass is 32.2. The van der Waals surface area contributed by atoms with Crippen LogP contribution in [0, 0.1) is 0 Å². The third-order valence-corrected chi connectivity index (χ3v) is 4.60. The Morgan fingerprint density at radius 2 is 1.90 bits per heavy atom. The van der Waals surface area contributed by atoms with E-state index in [0.29, 0.717) is 6.61 Å². The van der Waals surface area contributed by atoms with E-state index >= 15 is 0 Å². The predicted octanol–water partition coefficient (Wildman–Crippen LogP) is 4.80. The van der Waals surface area contributed by atoms with Gasteiger partial charge in [-0.05, 0) is 36.2 Å². The van der Waals surface area contributed by atoms with E-state index in [1.807, 2.05) is 12.1 Å². The van der Waals surface area contributed by atoms with E-state index in [4.69, 9.17) is 4.74 Å². The van der Waals surface area contributed by atoms with E-state index in [-0.39, 0.29) is 11.0 Å². The van der Waals surface area contributed by atoms with Crippen LogP contribution in [0.3, 0.4) is 0 Å². The third kappa shape index (κ3) is 3.35. The molecule has 0 radical (unpaired) electrons. The summed E-state index contributed by atoms with van der Waals surface area (Å²) in [4.78, 5) is 1.23. The molecule has 0 amide bonds. The summed E-state index contributed by atoms with van der Waals surface area (Å²) in [5, 5.41) is 0.247. The molecule has 2 aromatic carbocycles. The van der Waals surface area contributed by atoms with Gasteiger partial charge in [-0.3, -0.25) is 0 Å². The number of halogens is 3. The monoisotopic (exact) mass is 310 g/mol. The summed E-state index contributed by atoms with van der Waals surface area (Å²) in [6.45, 7) is 0.403. The highest BCUT2D eigenvalue weighted by Gasteiger charge is 2.30. The normalized spacial score (nSPS) is 17.6. The highest BCUT2D eigenvalue weighted by molar-refractivity contribution is 8.00. The lowest BCUT2D eigenvalue weighted by Gasteiger charge is -2.13. The Hall–Kier alpha value is -1.62. The number of rotatable bonds is 3. The lowest BCUT2D eigenvalue weighted by atomic mass is 10.1. The molecule has 1 atom stereocenters. The average molecular weight is 310 g/mol. The van der Waals surface area contributed by atoms with Gasteiger partial charge in [-0.15, -0.1) is 11.8 Å². The minimum Gasteiger partial charge on any atom is -0.492 e. The summed E-state index contributed by atoms with van der Waals surface area (Å²) in [5.74, 6) is 0.265. The van der Waals surface area contributed by atoms with Crippen LogP contribution in [0.2, 0.25) is 0 Å². The summed E-state index contributed by atoms with van der Waals surface area (Å²) in [7, 11) is 0. The molecule has 0 spiro atoms. The summed E-state index contributed by atoms with van der Waals surface area (Å²) in [6, 6.07) is 13.1. The maximum absolute atomic E-state index is 12.6. The van der Waals surface area contributed by atoms with Crippen LogP contribution in [0.4, 0.5) is 13.2 Å². The van der Waals surface area contributed by atoms with Gasteiger partial charge < -0.3 is 4.74 Å². The number of ether oxygens (including phenoxy) is 1. The van der Waals surface area contributed by atoms with Gasteiger partial charge in [-0.2, -0.15) is 13.2 Å². The predicted molar refractivity (Wildman–Crippen MR) is 76.7 cm³/mol. The fraction of sp³-hybridized carbons (Fsp3) is 0.250. The first kappa shape index (κ1) is 14.3. The summed E-state index contributed by atoms with van der Waals surface area (Å²) in [5.41, 5.74) is 0.600. The smallest absolute Gasteiger partial charge is 0.416 e. The van der Waals surface area contributed by atoms with Gasteiger partial charge in [0, 0.05) is 10.1 Å². The summed E-state index contributed by atoms with van der Waals surface area (Å²) >= 11 is 1.72. The molecule has 0 N–H and O–H groups in total. The van der Waals surface area contributed by atoms with Crippen molar-refractivity contribution >= 4 is 11.8 Å². The molecule has 0 saturated heterocycles. The van der Waals surface area contributed by atoms with Gasteiger partial charge in [-0.1, -0.05) is 24.3 Å². The maximum Gasteiger partial charge on any atom is 0.416 e. The maximum atomic E-state index is 12.6. The van der Waals surface area contributed by atoms with E-state index in [9.17, 15) is 13.2 Å². The van der Waals surface area contributed by atoms with Crippen molar-refractivity contribution in [2.24, 2.45) is 0 Å². The molecule has 21 heavy (non-hydrogen) atoms. The molecule has 0 aliphatic carbocycles. The van der Waals surface area contributed by atoms with Crippen LogP contribution in [0.15, 0.2) is 53.4 Å². The quantitative estimate of drug-likeness (QED) is 0.805. The minimum atomic E-state index is -4.34. The van der Waals surface area contributed by atoms with E-state index in [1.165, 1.54) is 16.5 Å². The van der Waals surface area contributed by atoms with Crippen molar-refractivity contribution in [3.63, 3.8) is 0 Å². The molecule has 5 heteroatoms. The Bertz CT molecular complexity index is 614. The van der Waals surface area contributed by atoms with Crippen LogP contribution in [-0.4, -0.2) is 11.9 Å². The fourth-order valence-corrected chi connectivity index (χ4v) is 3.52. The lowest BCUT2D eigenvalue weighted by Crippen LogP contribution is -2.14. The van der Waals surface area contributed by atoms with Gasteiger partial charge in [0.2, 0.25) is 0 Å². The molecule has 3 rings (SSSR count). The Balaban J connectivity index is 1.62. The van der Waals surface area contributed by atoms with Crippen LogP contribution in [0.25, 0.3) is 0 Å². The van der Waals surface area contributed by atoms with Crippen LogP contribution in [0.1, 0.15) is 11.1 Å². The van der Waals surface area contributed by atoms with Crippen LogP contribution >= 0.6 is 11.8 Å². The Morgan fingerprint density at radius 3 is 2.67 bits per heavy atom. The van der Waals surface area contributed by atoms with Gasteiger partial charge in [0.1, 0.15) is 12.4 Å². The second-order valence-electron chi connectivity index (χ2n) is 4.89. The molecule has 110 valence electrons. The second kappa shape index (κ2) is 5.64. The van der Waals surface area contributed by atoms with E-state index in [2.05, 4.69) is 12.1 Å². The number of hydrogen-bond donors (Lipinski definition) is 0. The molecule has 1 aliphatic rings. The van der Waals surface area contributed by atoms with Crippen molar-refractivity contribution in [2.75, 3.05) is 6.61 Å². The van der Waals surface area contributed by atoms with Crippen molar-refractivity contribution in [3.8, 4) is 5.75 Å². The van der Waals surface area contributed by atoms with Crippen LogP contribution in [0.5, 0.6) is 5.75 Å². The number of hydrogen-bond acceptors (Lipinski definition) is 2. The average Bonchev–Trinajstić information content (AvgIpc) is 2.87. The molecular weight excluding hydrogens is 297 g/mol. The van der Waals surface area contributed by atoms with E-state index in [1.54, 1.807) is 17.8 Å². The first-order chi connectivity index (χ1) is 10.0. The van der Waals surface area contributed by atoms with Crippen LogP contribution < -0.4 is 4.74 Å². The minimum absolute atomic E-state index is 0.247. The number of fused-ring (bicyclic) bond motifs is 1. The zero-order valence-corrected chi connectivity index (χ0v) is 11.9. The molecule has 1 aliphatic heterocycles. The van der Waals surface area contributed by atoms with Gasteiger partial charge >= 0.3 is 6.18 Å². The molecule has 0 fully saturated rings. The largest absolute Gasteiger partial charge is 0.492 e. The van der Waals surface area contributed by atoms with Gasteiger partial charge in [-0.25, -0.2) is 0 Å². The summed E-state index contributed by atoms with van der Waals surface area (Å²) < 4.78 is 43.4. The van der Waals surface area contributed by atoms with E-state index in [0.717, 1.165) is 18.6 Å². The zero-order chi connectivity index (χ0) is 14.9. The van der Waals surface area contributed by atoms with Crippen molar-refractivity contribution in [2.45, 2.75) is 22.7 Å². The number of benzene rings is 2. The zero-order valence-electron chi connectivity index (χ0n) is 11.1. The SMILES string of the molecule is FC(F)(F)c1cccc(OCC2Cc3ccccc3S2)c1. The van der Waals surface area contributed by atoms with Crippen molar-refractivity contribution in [3.05, 3.63) is 59.7 Å². The third-order valence-electron chi connectivity index (χ3n) is 3.31. The van der Waals surface area contributed by atoms with Crippen molar-refractivity contribution < 1.29 is 17.9 Å². The molecule has 1 nitrogen and oxygen atoms in total. The van der Waals surface area contributed by atoms with Gasteiger partial charge in [0.05, 0.1) is 5.56 Å². The fourth-order valence-electron chi connectivity index (χ4n) is 2.30. The van der Waals surface area contributed by atoms with Gasteiger partial charge in [0.25, 0.3) is 0 Å². The number of thioether (sulfide) groups is 1. The van der Waals surface area contributed by atoms with Crippen molar-refractivity contribution in [1.29, 1.82) is 0 Å². The first-order valence-electron chi connectivity index (χ1n) is 6.57. The standard InChI is InChI=1S/C16H13F3OS/c17-16(18,19)12-5-3-6-13(9-12)20-10-14-8-11-4-1-2-7-15(11)21-14/h1-7,9,14H,8,10H2. The summed E-state index contributed by atoms with van der Waals surface area (Å²) in [6.07, 6.45) is -3.45. The molecular formula is C16H13F3OS. The highest BCUT2D eigenvalue weighted by Crippen LogP contribution is 2.37. The molecule has 2 aromatic rings. The van der Waals surface area contributed by atoms with Crippen molar-refractivity contribution in [1.82, 2.24) is 0 Å². The molecule has 1 heterocycles. The Labute approximate surface area is 125 Å². The molecule has 1 unspecified atom stereocenters. The topological polar surface area (TPSA) is 9.23 Å². The first-order valence-corrected chi connectivity index (χ1v) is 7.45. The Morgan fingerprint density at radius 1 is 1.10 bits per heavy atom. The van der Waals surface area contributed by atoms with Crippen LogP contribution in [-0.2, 0) is 12.6 Å². The lowest BCUT2D eigenvalue weighted by molar-refractivity contribution is -0.137. The number of alkyl halides is 3. The van der Waals surface area contributed by atoms with Gasteiger partial charge in [0.15, 0.2) is 0 Å². The molecule has 0 aromatic heterocycles. The molecule has 0 bridgehead atoms. The van der Waals surface area contributed by atoms with E-state index < -0.39 is 11.7 Å². The Kier molecular flexibility index (Phi) is 3.85.